The summed E-state index contributed by atoms with van der Waals surface area (Å²) in [5.74, 6) is 0.267. The van der Waals surface area contributed by atoms with Crippen molar-refractivity contribution in [1.29, 1.82) is 0 Å². The van der Waals surface area contributed by atoms with Gasteiger partial charge in [0.1, 0.15) is 10.6 Å². The number of aromatic nitrogens is 1. The van der Waals surface area contributed by atoms with Gasteiger partial charge in [-0.3, -0.25) is 4.79 Å². The molecule has 1 aromatic carbocycles. The predicted octanol–water partition coefficient (Wildman–Crippen LogP) is 2.27. The second kappa shape index (κ2) is 7.69. The monoisotopic (exact) mass is 393 g/mol. The minimum Gasteiger partial charge on any atom is -0.495 e. The number of sulfonamides is 1. The van der Waals surface area contributed by atoms with Gasteiger partial charge in [0, 0.05) is 30.8 Å². The molecule has 0 bridgehead atoms. The number of nitrogens with one attached hydrogen (secondary N) is 1. The predicted molar refractivity (Wildman–Crippen MR) is 99.1 cm³/mol. The first kappa shape index (κ1) is 19.4. The number of hydrogen-bond donors (Lipinski definition) is 1. The Kier molecular flexibility index (Phi) is 5.52. The molecule has 1 aromatic heterocycles. The third-order valence-electron chi connectivity index (χ3n) is 4.43. The van der Waals surface area contributed by atoms with E-state index >= 15 is 0 Å². The number of nitrogens with zero attached hydrogens (tertiary/aromatic N) is 2. The summed E-state index contributed by atoms with van der Waals surface area (Å²) < 4.78 is 37.7. The van der Waals surface area contributed by atoms with Crippen LogP contribution in [0.2, 0.25) is 0 Å². The van der Waals surface area contributed by atoms with Crippen molar-refractivity contribution in [2.45, 2.75) is 37.6 Å². The van der Waals surface area contributed by atoms with E-state index in [1.165, 1.54) is 23.5 Å². The zero-order chi connectivity index (χ0) is 19.6. The first-order valence-corrected chi connectivity index (χ1v) is 10.3. The van der Waals surface area contributed by atoms with Crippen molar-refractivity contribution in [2.24, 2.45) is 0 Å². The van der Waals surface area contributed by atoms with Gasteiger partial charge in [0.15, 0.2) is 11.5 Å². The lowest BCUT2D eigenvalue weighted by Crippen LogP contribution is -2.30. The van der Waals surface area contributed by atoms with Crippen LogP contribution in [0.3, 0.4) is 0 Å². The van der Waals surface area contributed by atoms with E-state index in [1.807, 2.05) is 0 Å². The topological polar surface area (TPSA) is 102 Å². The Bertz CT molecular complexity index is 930. The highest BCUT2D eigenvalue weighted by Gasteiger charge is 2.28. The van der Waals surface area contributed by atoms with E-state index in [0.29, 0.717) is 24.4 Å². The third-order valence-corrected chi connectivity index (χ3v) is 6.50. The number of hydrogen-bond acceptors (Lipinski definition) is 6. The summed E-state index contributed by atoms with van der Waals surface area (Å²) in [5, 5.41) is 6.63. The van der Waals surface area contributed by atoms with Crippen molar-refractivity contribution >= 4 is 15.9 Å². The fourth-order valence-electron chi connectivity index (χ4n) is 2.74. The number of benzene rings is 1. The molecule has 0 unspecified atom stereocenters. The van der Waals surface area contributed by atoms with Crippen LogP contribution >= 0.6 is 0 Å². The van der Waals surface area contributed by atoms with Crippen LogP contribution in [0.5, 0.6) is 5.75 Å². The average Bonchev–Trinajstić information content (AvgIpc) is 3.33. The number of methoxy groups -OCH3 is 1. The molecule has 0 atom stereocenters. The molecule has 1 aliphatic rings. The average molecular weight is 393 g/mol. The molecule has 1 fully saturated rings. The van der Waals surface area contributed by atoms with Crippen molar-refractivity contribution in [3.05, 3.63) is 30.0 Å². The third kappa shape index (κ3) is 3.98. The van der Waals surface area contributed by atoms with Crippen molar-refractivity contribution in [1.82, 2.24) is 14.8 Å². The van der Waals surface area contributed by atoms with Gasteiger partial charge in [-0.1, -0.05) is 19.0 Å². The molecular weight excluding hydrogens is 370 g/mol. The lowest BCUT2D eigenvalue weighted by Gasteiger charge is -2.20. The number of carbonyl (C=O) groups is 1. The summed E-state index contributed by atoms with van der Waals surface area (Å²) >= 11 is 0. The van der Waals surface area contributed by atoms with Crippen LogP contribution in [0.15, 0.2) is 33.7 Å². The van der Waals surface area contributed by atoms with Gasteiger partial charge in [-0.2, -0.15) is 4.31 Å². The molecule has 8 nitrogen and oxygen atoms in total. The summed E-state index contributed by atoms with van der Waals surface area (Å²) in [4.78, 5) is 12.1. The van der Waals surface area contributed by atoms with Crippen LogP contribution in [-0.4, -0.2) is 50.0 Å². The van der Waals surface area contributed by atoms with Crippen molar-refractivity contribution in [3.8, 4) is 17.1 Å². The van der Waals surface area contributed by atoms with Crippen LogP contribution in [0, 0.1) is 0 Å². The van der Waals surface area contributed by atoms with Gasteiger partial charge in [-0.15, -0.1) is 0 Å². The van der Waals surface area contributed by atoms with Crippen molar-refractivity contribution < 1.29 is 22.5 Å². The second-order valence-electron chi connectivity index (χ2n) is 6.28. The summed E-state index contributed by atoms with van der Waals surface area (Å²) in [6.45, 7) is 4.25. The second-order valence-corrected chi connectivity index (χ2v) is 8.19. The smallest absolute Gasteiger partial charge is 0.273 e. The molecule has 1 heterocycles. The Labute approximate surface area is 158 Å². The Morgan fingerprint density at radius 1 is 1.30 bits per heavy atom. The number of rotatable bonds is 8. The quantitative estimate of drug-likeness (QED) is 0.738. The van der Waals surface area contributed by atoms with E-state index in [1.54, 1.807) is 26.0 Å². The standard InChI is InChI=1S/C18H23N3O5S/c1-4-21(5-2)27(23,24)17-10-12(6-9-15(17)25-3)16-11-14(20-26-16)18(22)19-13-7-8-13/h6,9-11,13H,4-5,7-8H2,1-3H3,(H,19,22). The number of amides is 1. The molecule has 1 saturated carbocycles. The fraction of sp³-hybridized carbons (Fsp3) is 0.444. The molecule has 1 aliphatic carbocycles. The Morgan fingerprint density at radius 3 is 2.59 bits per heavy atom. The molecule has 9 heteroatoms. The normalized spacial score (nSPS) is 14.4. The highest BCUT2D eigenvalue weighted by molar-refractivity contribution is 7.89. The SMILES string of the molecule is CCN(CC)S(=O)(=O)c1cc(-c2cc(C(=O)NC3CC3)no2)ccc1OC. The minimum absolute atomic E-state index is 0.0478. The molecule has 1 amide bonds. The maximum atomic E-state index is 12.9. The van der Waals surface area contributed by atoms with Gasteiger partial charge < -0.3 is 14.6 Å². The molecule has 0 aliphatic heterocycles. The molecule has 0 radical (unpaired) electrons. The lowest BCUT2D eigenvalue weighted by molar-refractivity contribution is 0.0942. The first-order chi connectivity index (χ1) is 12.9. The van der Waals surface area contributed by atoms with E-state index in [2.05, 4.69) is 10.5 Å². The van der Waals surface area contributed by atoms with E-state index in [4.69, 9.17) is 9.26 Å². The van der Waals surface area contributed by atoms with Gasteiger partial charge in [0.25, 0.3) is 5.91 Å². The first-order valence-electron chi connectivity index (χ1n) is 8.86. The summed E-state index contributed by atoms with van der Waals surface area (Å²) in [6.07, 6.45) is 1.95. The highest BCUT2D eigenvalue weighted by Crippen LogP contribution is 2.32. The fourth-order valence-corrected chi connectivity index (χ4v) is 4.38. The van der Waals surface area contributed by atoms with Crippen LogP contribution in [-0.2, 0) is 10.0 Å². The number of ether oxygens (including phenoxy) is 1. The van der Waals surface area contributed by atoms with E-state index in [9.17, 15) is 13.2 Å². The van der Waals surface area contributed by atoms with Gasteiger partial charge in [0.05, 0.1) is 7.11 Å². The molecule has 1 N–H and O–H groups in total. The lowest BCUT2D eigenvalue weighted by atomic mass is 10.1. The van der Waals surface area contributed by atoms with E-state index in [-0.39, 0.29) is 28.3 Å². The van der Waals surface area contributed by atoms with Gasteiger partial charge in [0.2, 0.25) is 10.0 Å². The van der Waals surface area contributed by atoms with Crippen LogP contribution < -0.4 is 10.1 Å². The Balaban J connectivity index is 1.96. The molecule has 146 valence electrons. The summed E-state index contributed by atoms with van der Waals surface area (Å²) in [7, 11) is -2.30. The molecule has 2 aromatic rings. The zero-order valence-electron chi connectivity index (χ0n) is 15.6. The Morgan fingerprint density at radius 2 is 2.00 bits per heavy atom. The van der Waals surface area contributed by atoms with Crippen molar-refractivity contribution in [3.63, 3.8) is 0 Å². The van der Waals surface area contributed by atoms with Crippen LogP contribution in [0.4, 0.5) is 0 Å². The van der Waals surface area contributed by atoms with Crippen LogP contribution in [0.25, 0.3) is 11.3 Å². The molecule has 27 heavy (non-hydrogen) atoms. The van der Waals surface area contributed by atoms with Gasteiger partial charge in [-0.25, -0.2) is 8.42 Å². The maximum Gasteiger partial charge on any atom is 0.273 e. The summed E-state index contributed by atoms with van der Waals surface area (Å²) in [5.41, 5.74) is 0.667. The van der Waals surface area contributed by atoms with Crippen LogP contribution in [0.1, 0.15) is 37.2 Å². The zero-order valence-corrected chi connectivity index (χ0v) is 16.4. The Hall–Kier alpha value is -2.39. The maximum absolute atomic E-state index is 12.9. The van der Waals surface area contributed by atoms with E-state index < -0.39 is 10.0 Å². The highest BCUT2D eigenvalue weighted by atomic mass is 32.2. The molecule has 3 rings (SSSR count). The largest absolute Gasteiger partial charge is 0.495 e. The molecule has 0 saturated heterocycles. The van der Waals surface area contributed by atoms with Gasteiger partial charge in [-0.05, 0) is 31.0 Å². The van der Waals surface area contributed by atoms with E-state index in [0.717, 1.165) is 12.8 Å². The summed E-state index contributed by atoms with van der Waals surface area (Å²) in [6, 6.07) is 6.44. The van der Waals surface area contributed by atoms with Crippen molar-refractivity contribution in [2.75, 3.05) is 20.2 Å². The molecular formula is C18H23N3O5S. The molecule has 0 spiro atoms. The number of carbonyl (C=O) groups excluding carboxylic acids is 1. The van der Waals surface area contributed by atoms with Gasteiger partial charge >= 0.3 is 0 Å². The minimum atomic E-state index is -3.72.